The Labute approximate surface area is 169 Å². The summed E-state index contributed by atoms with van der Waals surface area (Å²) in [6.45, 7) is 0.784. The van der Waals surface area contributed by atoms with Crippen LogP contribution in [0.25, 0.3) is 11.1 Å². The number of hydrogen-bond donors (Lipinski definition) is 2. The largest absolute Gasteiger partial charge is 0.492 e. The van der Waals surface area contributed by atoms with Gasteiger partial charge in [-0.25, -0.2) is 0 Å². The van der Waals surface area contributed by atoms with Gasteiger partial charge in [0.1, 0.15) is 12.4 Å². The van der Waals surface area contributed by atoms with E-state index in [1.54, 1.807) is 0 Å². The van der Waals surface area contributed by atoms with E-state index in [2.05, 4.69) is 10.6 Å². The molecule has 0 aliphatic carbocycles. The van der Waals surface area contributed by atoms with Gasteiger partial charge in [-0.15, -0.1) is 0 Å². The molecule has 2 N–H and O–H groups in total. The molecule has 1 heterocycles. The fourth-order valence-corrected chi connectivity index (χ4v) is 3.33. The number of amides is 2. The molecule has 1 aliphatic rings. The van der Waals surface area contributed by atoms with E-state index in [0.29, 0.717) is 31.6 Å². The molecule has 0 saturated heterocycles. The average molecular weight is 386 g/mol. The number of aryl methyl sites for hydroxylation is 1. The minimum Gasteiger partial charge on any atom is -0.492 e. The summed E-state index contributed by atoms with van der Waals surface area (Å²) in [5.41, 5.74) is 4.74. The number of anilines is 1. The van der Waals surface area contributed by atoms with Gasteiger partial charge in [0.15, 0.2) is 0 Å². The summed E-state index contributed by atoms with van der Waals surface area (Å²) in [5.74, 6) is 0.661. The predicted octanol–water partition coefficient (Wildman–Crippen LogP) is 4.05. The van der Waals surface area contributed by atoms with Gasteiger partial charge in [-0.1, -0.05) is 42.5 Å². The second kappa shape index (κ2) is 8.61. The number of fused-ring (bicyclic) bond motifs is 1. The Balaban J connectivity index is 1.26. The maximum Gasteiger partial charge on any atom is 0.251 e. The van der Waals surface area contributed by atoms with Crippen molar-refractivity contribution in [1.29, 1.82) is 0 Å². The predicted molar refractivity (Wildman–Crippen MR) is 113 cm³/mol. The Hall–Kier alpha value is -3.60. The maximum absolute atomic E-state index is 12.3. The summed E-state index contributed by atoms with van der Waals surface area (Å²) < 4.78 is 5.73. The van der Waals surface area contributed by atoms with Gasteiger partial charge in [-0.3, -0.25) is 9.59 Å². The van der Waals surface area contributed by atoms with E-state index in [1.165, 1.54) is 0 Å². The topological polar surface area (TPSA) is 67.4 Å². The van der Waals surface area contributed by atoms with Gasteiger partial charge < -0.3 is 15.4 Å². The van der Waals surface area contributed by atoms with Crippen LogP contribution in [0.1, 0.15) is 22.3 Å². The third-order valence-corrected chi connectivity index (χ3v) is 4.88. The zero-order chi connectivity index (χ0) is 20.1. The van der Waals surface area contributed by atoms with Gasteiger partial charge in [-0.05, 0) is 53.4 Å². The summed E-state index contributed by atoms with van der Waals surface area (Å²) in [7, 11) is 0. The van der Waals surface area contributed by atoms with Crippen molar-refractivity contribution in [1.82, 2.24) is 5.32 Å². The fourth-order valence-electron chi connectivity index (χ4n) is 3.33. The Morgan fingerprint density at radius 1 is 0.931 bits per heavy atom. The quantitative estimate of drug-likeness (QED) is 0.628. The van der Waals surface area contributed by atoms with Gasteiger partial charge in [0.2, 0.25) is 5.91 Å². The van der Waals surface area contributed by atoms with Crippen LogP contribution in [0, 0.1) is 0 Å². The second-order valence-corrected chi connectivity index (χ2v) is 6.91. The van der Waals surface area contributed by atoms with Crippen LogP contribution in [0.2, 0.25) is 0 Å². The lowest BCUT2D eigenvalue weighted by molar-refractivity contribution is -0.116. The molecule has 0 atom stereocenters. The number of hydrogen-bond acceptors (Lipinski definition) is 3. The Bertz CT molecular complexity index is 1010. The van der Waals surface area contributed by atoms with Crippen LogP contribution in [0.5, 0.6) is 5.75 Å². The van der Waals surface area contributed by atoms with Gasteiger partial charge in [-0.2, -0.15) is 0 Å². The fraction of sp³-hybridized carbons (Fsp3) is 0.167. The first kappa shape index (κ1) is 18.7. The number of rotatable bonds is 6. The van der Waals surface area contributed by atoms with Crippen LogP contribution >= 0.6 is 0 Å². The molecule has 5 heteroatoms. The molecule has 5 nitrogen and oxygen atoms in total. The molecule has 0 unspecified atom stereocenters. The average Bonchev–Trinajstić information content (AvgIpc) is 2.77. The Morgan fingerprint density at radius 3 is 2.48 bits per heavy atom. The molecule has 3 aromatic rings. The molecule has 0 spiro atoms. The molecule has 0 aromatic heterocycles. The number of nitrogens with one attached hydrogen (secondary N) is 2. The van der Waals surface area contributed by atoms with Crippen molar-refractivity contribution >= 4 is 17.5 Å². The Kier molecular flexibility index (Phi) is 5.56. The lowest BCUT2D eigenvalue weighted by Gasteiger charge is -2.17. The van der Waals surface area contributed by atoms with Crippen molar-refractivity contribution in [2.45, 2.75) is 12.8 Å². The van der Waals surface area contributed by atoms with Crippen molar-refractivity contribution in [3.05, 3.63) is 83.9 Å². The van der Waals surface area contributed by atoms with Crippen molar-refractivity contribution < 1.29 is 14.3 Å². The number of benzene rings is 3. The van der Waals surface area contributed by atoms with Gasteiger partial charge in [0, 0.05) is 17.7 Å². The van der Waals surface area contributed by atoms with Gasteiger partial charge in [0.05, 0.1) is 6.54 Å². The lowest BCUT2D eigenvalue weighted by atomic mass is 10.0. The molecular weight excluding hydrogens is 364 g/mol. The molecule has 0 fully saturated rings. The molecule has 0 saturated carbocycles. The normalized spacial score (nSPS) is 12.6. The van der Waals surface area contributed by atoms with Crippen molar-refractivity contribution in [3.8, 4) is 16.9 Å². The van der Waals surface area contributed by atoms with Gasteiger partial charge >= 0.3 is 0 Å². The first-order valence-corrected chi connectivity index (χ1v) is 9.68. The summed E-state index contributed by atoms with van der Waals surface area (Å²) in [5, 5.41) is 5.73. The highest BCUT2D eigenvalue weighted by Crippen LogP contribution is 2.26. The minimum absolute atomic E-state index is 0.0469. The number of carbonyl (C=O) groups excluding carboxylic acids is 2. The van der Waals surface area contributed by atoms with Crippen LogP contribution in [0.4, 0.5) is 5.69 Å². The lowest BCUT2D eigenvalue weighted by Crippen LogP contribution is -2.28. The van der Waals surface area contributed by atoms with Gasteiger partial charge in [0.25, 0.3) is 5.91 Å². The van der Waals surface area contributed by atoms with E-state index in [4.69, 9.17) is 4.74 Å². The van der Waals surface area contributed by atoms with E-state index in [0.717, 1.165) is 28.1 Å². The highest BCUT2D eigenvalue weighted by Gasteiger charge is 2.15. The van der Waals surface area contributed by atoms with Crippen molar-refractivity contribution in [3.63, 3.8) is 0 Å². The third kappa shape index (κ3) is 4.63. The number of ether oxygens (including phenoxy) is 1. The molecule has 146 valence electrons. The zero-order valence-electron chi connectivity index (χ0n) is 16.0. The summed E-state index contributed by atoms with van der Waals surface area (Å²) in [6.07, 6.45) is 1.21. The molecule has 29 heavy (non-hydrogen) atoms. The monoisotopic (exact) mass is 386 g/mol. The van der Waals surface area contributed by atoms with Crippen LogP contribution in [-0.4, -0.2) is 25.0 Å². The highest BCUT2D eigenvalue weighted by molar-refractivity contribution is 5.95. The minimum atomic E-state index is -0.124. The SMILES string of the molecule is O=C1CCc2cc(OCCNC(=O)c3ccc(-c4ccccc4)cc3)ccc2N1. The molecule has 1 aliphatic heterocycles. The molecule has 0 radical (unpaired) electrons. The van der Waals surface area contributed by atoms with Crippen LogP contribution in [0.3, 0.4) is 0 Å². The molecule has 3 aromatic carbocycles. The van der Waals surface area contributed by atoms with Crippen molar-refractivity contribution in [2.24, 2.45) is 0 Å². The Morgan fingerprint density at radius 2 is 1.69 bits per heavy atom. The summed E-state index contributed by atoms with van der Waals surface area (Å²) in [6, 6.07) is 23.2. The van der Waals surface area contributed by atoms with E-state index in [1.807, 2.05) is 72.8 Å². The first-order valence-electron chi connectivity index (χ1n) is 9.68. The van der Waals surface area contributed by atoms with Crippen LogP contribution < -0.4 is 15.4 Å². The van der Waals surface area contributed by atoms with E-state index in [-0.39, 0.29) is 11.8 Å². The third-order valence-electron chi connectivity index (χ3n) is 4.88. The molecule has 0 bridgehead atoms. The smallest absolute Gasteiger partial charge is 0.251 e. The maximum atomic E-state index is 12.3. The molecular formula is C24H22N2O3. The summed E-state index contributed by atoms with van der Waals surface area (Å²) in [4.78, 5) is 23.7. The zero-order valence-corrected chi connectivity index (χ0v) is 16.0. The highest BCUT2D eigenvalue weighted by atomic mass is 16.5. The molecule has 2 amide bonds. The first-order chi connectivity index (χ1) is 14.2. The second-order valence-electron chi connectivity index (χ2n) is 6.91. The van der Waals surface area contributed by atoms with Crippen LogP contribution in [-0.2, 0) is 11.2 Å². The van der Waals surface area contributed by atoms with Crippen molar-refractivity contribution in [2.75, 3.05) is 18.5 Å². The van der Waals surface area contributed by atoms with E-state index < -0.39 is 0 Å². The van der Waals surface area contributed by atoms with Crippen LogP contribution in [0.15, 0.2) is 72.8 Å². The summed E-state index contributed by atoms with van der Waals surface area (Å²) >= 11 is 0. The van der Waals surface area contributed by atoms with E-state index in [9.17, 15) is 9.59 Å². The standard InChI is InChI=1S/C24H22N2O3/c27-23-13-10-20-16-21(11-12-22(20)26-23)29-15-14-25-24(28)19-8-6-18(7-9-19)17-4-2-1-3-5-17/h1-9,11-12,16H,10,13-15H2,(H,25,28)(H,26,27). The number of carbonyl (C=O) groups is 2. The molecule has 4 rings (SSSR count). The van der Waals surface area contributed by atoms with E-state index >= 15 is 0 Å².